The third-order valence-corrected chi connectivity index (χ3v) is 5.71. The summed E-state index contributed by atoms with van der Waals surface area (Å²) < 4.78 is 6.19. The van der Waals surface area contributed by atoms with E-state index >= 15 is 0 Å². The maximum absolute atomic E-state index is 9.65. The average Bonchev–Trinajstić information content (AvgIpc) is 2.56. The zero-order valence-corrected chi connectivity index (χ0v) is 15.4. The Morgan fingerprint density at radius 1 is 1.00 bits per heavy atom. The van der Waals surface area contributed by atoms with Crippen molar-refractivity contribution in [2.75, 3.05) is 6.61 Å². The molecule has 0 aromatic carbocycles. The number of aliphatic hydroxyl groups is 1. The molecule has 1 saturated carbocycles. The van der Waals surface area contributed by atoms with Crippen LogP contribution < -0.4 is 0 Å². The van der Waals surface area contributed by atoms with Crippen molar-refractivity contribution >= 4 is 0 Å². The van der Waals surface area contributed by atoms with E-state index in [0.717, 1.165) is 37.7 Å². The van der Waals surface area contributed by atoms with E-state index in [-0.39, 0.29) is 6.10 Å². The topological polar surface area (TPSA) is 29.5 Å². The van der Waals surface area contributed by atoms with Gasteiger partial charge in [0.1, 0.15) is 0 Å². The van der Waals surface area contributed by atoms with E-state index in [0.29, 0.717) is 6.10 Å². The Hall–Kier alpha value is -0.600. The van der Waals surface area contributed by atoms with Crippen molar-refractivity contribution in [3.8, 4) is 0 Å². The van der Waals surface area contributed by atoms with Gasteiger partial charge in [-0.2, -0.15) is 0 Å². The number of rotatable bonds is 6. The molecular formula is C21H36O2. The van der Waals surface area contributed by atoms with Crippen molar-refractivity contribution in [2.24, 2.45) is 11.8 Å². The lowest BCUT2D eigenvalue weighted by molar-refractivity contribution is -0.0452. The van der Waals surface area contributed by atoms with E-state index in [9.17, 15) is 5.11 Å². The molecule has 1 saturated heterocycles. The Morgan fingerprint density at radius 3 is 2.26 bits per heavy atom. The Kier molecular flexibility index (Phi) is 7.85. The lowest BCUT2D eigenvalue weighted by atomic mass is 9.76. The highest BCUT2D eigenvalue weighted by molar-refractivity contribution is 5.15. The highest BCUT2D eigenvalue weighted by Gasteiger charge is 2.30. The standard InChI is InChI=1S/C21H36O2/c1-4-17(6-5-16(2)3)7-13-21-14-10-19(15-23-21)18-8-11-20(22)12-9-18/h5-6,18-22H,4,7-15H2,1-3H3/b17-6+. The van der Waals surface area contributed by atoms with E-state index in [1.165, 1.54) is 49.7 Å². The highest BCUT2D eigenvalue weighted by Crippen LogP contribution is 2.36. The van der Waals surface area contributed by atoms with Crippen LogP contribution in [0.25, 0.3) is 0 Å². The lowest BCUT2D eigenvalue weighted by Crippen LogP contribution is -2.33. The normalized spacial score (nSPS) is 32.6. The van der Waals surface area contributed by atoms with Crippen molar-refractivity contribution in [1.82, 2.24) is 0 Å². The molecule has 2 fully saturated rings. The zero-order chi connectivity index (χ0) is 16.7. The molecule has 132 valence electrons. The highest BCUT2D eigenvalue weighted by atomic mass is 16.5. The molecule has 1 heterocycles. The number of aliphatic hydroxyl groups excluding tert-OH is 1. The molecule has 2 rings (SSSR count). The van der Waals surface area contributed by atoms with Crippen LogP contribution in [0.2, 0.25) is 0 Å². The first-order chi connectivity index (χ1) is 11.1. The lowest BCUT2D eigenvalue weighted by Gasteiger charge is -2.37. The molecular weight excluding hydrogens is 284 g/mol. The summed E-state index contributed by atoms with van der Waals surface area (Å²) in [6, 6.07) is 0. The molecule has 2 heteroatoms. The molecule has 0 amide bonds. The van der Waals surface area contributed by atoms with Crippen LogP contribution in [-0.4, -0.2) is 23.9 Å². The number of ether oxygens (including phenoxy) is 1. The van der Waals surface area contributed by atoms with Gasteiger partial charge in [-0.3, -0.25) is 0 Å². The summed E-state index contributed by atoms with van der Waals surface area (Å²) in [4.78, 5) is 0. The van der Waals surface area contributed by atoms with Gasteiger partial charge in [-0.05, 0) is 83.5 Å². The van der Waals surface area contributed by atoms with Gasteiger partial charge in [0, 0.05) is 0 Å². The van der Waals surface area contributed by atoms with Crippen LogP contribution in [0.4, 0.5) is 0 Å². The average molecular weight is 321 g/mol. The fourth-order valence-corrected chi connectivity index (χ4v) is 4.01. The van der Waals surface area contributed by atoms with Gasteiger partial charge >= 0.3 is 0 Å². The molecule has 0 aromatic rings. The summed E-state index contributed by atoms with van der Waals surface area (Å²) >= 11 is 0. The molecule has 2 nitrogen and oxygen atoms in total. The number of allylic oxidation sites excluding steroid dienone is 4. The van der Waals surface area contributed by atoms with Crippen LogP contribution in [0.15, 0.2) is 23.3 Å². The Labute approximate surface area is 143 Å². The quantitative estimate of drug-likeness (QED) is 0.663. The minimum absolute atomic E-state index is 0.0384. The second-order valence-corrected chi connectivity index (χ2v) is 7.82. The molecule has 1 N–H and O–H groups in total. The summed E-state index contributed by atoms with van der Waals surface area (Å²) in [6.45, 7) is 7.50. The van der Waals surface area contributed by atoms with E-state index in [4.69, 9.17) is 4.74 Å². The minimum Gasteiger partial charge on any atom is -0.393 e. The number of hydrogen-bond donors (Lipinski definition) is 1. The molecule has 0 aromatic heterocycles. The Bertz CT molecular complexity index is 390. The predicted molar refractivity (Wildman–Crippen MR) is 97.5 cm³/mol. The fourth-order valence-electron chi connectivity index (χ4n) is 4.01. The smallest absolute Gasteiger partial charge is 0.0578 e. The van der Waals surface area contributed by atoms with Gasteiger partial charge in [0.25, 0.3) is 0 Å². The molecule has 2 aliphatic rings. The van der Waals surface area contributed by atoms with Crippen molar-refractivity contribution in [2.45, 2.75) is 90.8 Å². The summed E-state index contributed by atoms with van der Waals surface area (Å²) in [7, 11) is 0. The van der Waals surface area contributed by atoms with Gasteiger partial charge in [0.2, 0.25) is 0 Å². The fraction of sp³-hybridized carbons (Fsp3) is 0.810. The van der Waals surface area contributed by atoms with Gasteiger partial charge in [-0.1, -0.05) is 30.2 Å². The molecule has 23 heavy (non-hydrogen) atoms. The van der Waals surface area contributed by atoms with Crippen LogP contribution in [0.5, 0.6) is 0 Å². The van der Waals surface area contributed by atoms with Gasteiger partial charge in [-0.15, -0.1) is 0 Å². The van der Waals surface area contributed by atoms with Crippen LogP contribution >= 0.6 is 0 Å². The summed E-state index contributed by atoms with van der Waals surface area (Å²) in [5.74, 6) is 1.54. The van der Waals surface area contributed by atoms with Gasteiger partial charge < -0.3 is 9.84 Å². The van der Waals surface area contributed by atoms with Crippen LogP contribution in [0.1, 0.15) is 78.6 Å². The van der Waals surface area contributed by atoms with Gasteiger partial charge in [0.15, 0.2) is 0 Å². The summed E-state index contributed by atoms with van der Waals surface area (Å²) in [5.41, 5.74) is 2.91. The first kappa shape index (κ1) is 18.7. The third kappa shape index (κ3) is 6.43. The monoisotopic (exact) mass is 320 g/mol. The van der Waals surface area contributed by atoms with E-state index < -0.39 is 0 Å². The zero-order valence-electron chi connectivity index (χ0n) is 15.4. The first-order valence-electron chi connectivity index (χ1n) is 9.71. The molecule has 0 bridgehead atoms. The van der Waals surface area contributed by atoms with E-state index in [1.54, 1.807) is 0 Å². The van der Waals surface area contributed by atoms with Crippen molar-refractivity contribution in [1.29, 1.82) is 0 Å². The molecule has 1 aliphatic heterocycles. The SMILES string of the molecule is CC/C(=C\C=C(C)C)CCC1CCC(C2CCC(O)CC2)CO1. The maximum Gasteiger partial charge on any atom is 0.0578 e. The molecule has 2 atom stereocenters. The van der Waals surface area contributed by atoms with Crippen molar-refractivity contribution in [3.63, 3.8) is 0 Å². The van der Waals surface area contributed by atoms with Crippen LogP contribution in [0, 0.1) is 11.8 Å². The van der Waals surface area contributed by atoms with Gasteiger partial charge in [0.05, 0.1) is 18.8 Å². The summed E-state index contributed by atoms with van der Waals surface area (Å²) in [5, 5.41) is 9.65. The molecule has 0 radical (unpaired) electrons. The maximum atomic E-state index is 9.65. The van der Waals surface area contributed by atoms with Crippen molar-refractivity contribution < 1.29 is 9.84 Å². The van der Waals surface area contributed by atoms with E-state index in [1.807, 2.05) is 0 Å². The minimum atomic E-state index is -0.0384. The predicted octanol–water partition coefficient (Wildman–Crippen LogP) is 5.42. The Balaban J connectivity index is 1.70. The second kappa shape index (κ2) is 9.64. The molecule has 1 aliphatic carbocycles. The van der Waals surface area contributed by atoms with Crippen LogP contribution in [-0.2, 0) is 4.74 Å². The largest absolute Gasteiger partial charge is 0.393 e. The Morgan fingerprint density at radius 2 is 1.70 bits per heavy atom. The van der Waals surface area contributed by atoms with Gasteiger partial charge in [-0.25, -0.2) is 0 Å². The van der Waals surface area contributed by atoms with Crippen LogP contribution in [0.3, 0.4) is 0 Å². The number of hydrogen-bond acceptors (Lipinski definition) is 2. The summed E-state index contributed by atoms with van der Waals surface area (Å²) in [6.07, 6.45) is 15.4. The molecule has 0 spiro atoms. The second-order valence-electron chi connectivity index (χ2n) is 7.82. The third-order valence-electron chi connectivity index (χ3n) is 5.71. The molecule has 2 unspecified atom stereocenters. The van der Waals surface area contributed by atoms with E-state index in [2.05, 4.69) is 32.9 Å². The van der Waals surface area contributed by atoms with Crippen molar-refractivity contribution in [3.05, 3.63) is 23.3 Å². The first-order valence-corrected chi connectivity index (χ1v) is 9.71.